The normalized spacial score (nSPS) is 22.3. The molecule has 98 valence electrons. The predicted molar refractivity (Wildman–Crippen MR) is 63.3 cm³/mol. The van der Waals surface area contributed by atoms with Crippen molar-refractivity contribution in [2.75, 3.05) is 23.9 Å². The number of primary amides is 1. The number of carbonyl (C=O) groups excluding carboxylic acids is 2. The molecule has 0 aromatic rings. The third kappa shape index (κ3) is 4.16. The van der Waals surface area contributed by atoms with Gasteiger partial charge in [-0.15, -0.1) is 11.6 Å². The summed E-state index contributed by atoms with van der Waals surface area (Å²) in [5, 5.41) is 0. The third-order valence-electron chi connectivity index (χ3n) is 2.68. The van der Waals surface area contributed by atoms with Crippen LogP contribution in [-0.2, 0) is 19.4 Å². The number of alkyl halides is 1. The van der Waals surface area contributed by atoms with Crippen molar-refractivity contribution in [3.63, 3.8) is 0 Å². The molecule has 6 nitrogen and oxygen atoms in total. The summed E-state index contributed by atoms with van der Waals surface area (Å²) in [6.45, 7) is 0.126. The smallest absolute Gasteiger partial charge is 0.237 e. The first-order valence-corrected chi connectivity index (χ1v) is 7.55. The SMILES string of the molecule is NC(=O)CCN(C(=O)CCl)C1CCS(=O)(=O)C1. The van der Waals surface area contributed by atoms with Crippen LogP contribution in [0.5, 0.6) is 0 Å². The molecule has 0 radical (unpaired) electrons. The Kier molecular flexibility index (Phi) is 4.76. The Balaban J connectivity index is 2.70. The maximum absolute atomic E-state index is 11.6. The van der Waals surface area contributed by atoms with Crippen molar-refractivity contribution in [1.82, 2.24) is 4.90 Å². The van der Waals surface area contributed by atoms with Crippen LogP contribution in [0.2, 0.25) is 0 Å². The molecule has 0 spiro atoms. The van der Waals surface area contributed by atoms with Crippen LogP contribution in [0.4, 0.5) is 0 Å². The zero-order valence-electron chi connectivity index (χ0n) is 9.26. The van der Waals surface area contributed by atoms with Crippen LogP contribution in [-0.4, -0.2) is 55.1 Å². The average Bonchev–Trinajstić information content (AvgIpc) is 2.58. The van der Waals surface area contributed by atoms with E-state index in [0.717, 1.165) is 0 Å². The van der Waals surface area contributed by atoms with Gasteiger partial charge in [0.15, 0.2) is 9.84 Å². The van der Waals surface area contributed by atoms with Gasteiger partial charge in [-0.2, -0.15) is 0 Å². The molecule has 1 aliphatic heterocycles. The Morgan fingerprint density at radius 1 is 1.41 bits per heavy atom. The minimum atomic E-state index is -3.07. The van der Waals surface area contributed by atoms with Gasteiger partial charge in [0.1, 0.15) is 5.88 Å². The zero-order chi connectivity index (χ0) is 13.1. The Bertz CT molecular complexity index is 409. The summed E-state index contributed by atoms with van der Waals surface area (Å²) < 4.78 is 22.7. The number of halogens is 1. The molecule has 1 fully saturated rings. The quantitative estimate of drug-likeness (QED) is 0.662. The van der Waals surface area contributed by atoms with Crippen LogP contribution >= 0.6 is 11.6 Å². The molecule has 1 saturated heterocycles. The van der Waals surface area contributed by atoms with Crippen molar-refractivity contribution in [3.05, 3.63) is 0 Å². The molecule has 2 N–H and O–H groups in total. The third-order valence-corrected chi connectivity index (χ3v) is 4.66. The maximum Gasteiger partial charge on any atom is 0.237 e. The number of hydrogen-bond donors (Lipinski definition) is 1. The second kappa shape index (κ2) is 5.68. The van der Waals surface area contributed by atoms with E-state index in [9.17, 15) is 18.0 Å². The highest BCUT2D eigenvalue weighted by atomic mass is 35.5. The number of nitrogens with zero attached hydrogens (tertiary/aromatic N) is 1. The molecule has 0 saturated carbocycles. The van der Waals surface area contributed by atoms with Crippen LogP contribution < -0.4 is 5.73 Å². The second-order valence-corrected chi connectivity index (χ2v) is 6.49. The second-order valence-electron chi connectivity index (χ2n) is 3.99. The van der Waals surface area contributed by atoms with E-state index in [0.29, 0.717) is 6.42 Å². The minimum absolute atomic E-state index is 0.0131. The number of sulfone groups is 1. The number of carbonyl (C=O) groups is 2. The zero-order valence-corrected chi connectivity index (χ0v) is 10.8. The fourth-order valence-corrected chi connectivity index (χ4v) is 3.72. The van der Waals surface area contributed by atoms with Gasteiger partial charge in [-0.3, -0.25) is 9.59 Å². The number of rotatable bonds is 5. The van der Waals surface area contributed by atoms with Gasteiger partial charge in [0.2, 0.25) is 11.8 Å². The van der Waals surface area contributed by atoms with Gasteiger partial charge < -0.3 is 10.6 Å². The highest BCUT2D eigenvalue weighted by molar-refractivity contribution is 7.91. The summed E-state index contributed by atoms with van der Waals surface area (Å²) in [7, 11) is -3.07. The van der Waals surface area contributed by atoms with Gasteiger partial charge in [-0.1, -0.05) is 0 Å². The lowest BCUT2D eigenvalue weighted by molar-refractivity contribution is -0.130. The molecule has 0 aromatic heterocycles. The lowest BCUT2D eigenvalue weighted by Crippen LogP contribution is -2.43. The lowest BCUT2D eigenvalue weighted by atomic mass is 10.2. The maximum atomic E-state index is 11.6. The van der Waals surface area contributed by atoms with E-state index in [1.165, 1.54) is 4.90 Å². The van der Waals surface area contributed by atoms with E-state index in [4.69, 9.17) is 17.3 Å². The minimum Gasteiger partial charge on any atom is -0.370 e. The van der Waals surface area contributed by atoms with Gasteiger partial charge >= 0.3 is 0 Å². The van der Waals surface area contributed by atoms with Crippen molar-refractivity contribution in [1.29, 1.82) is 0 Å². The van der Waals surface area contributed by atoms with E-state index in [1.54, 1.807) is 0 Å². The first-order valence-electron chi connectivity index (χ1n) is 5.20. The topological polar surface area (TPSA) is 97.5 Å². The van der Waals surface area contributed by atoms with Crippen LogP contribution in [0, 0.1) is 0 Å². The Morgan fingerprint density at radius 2 is 2.06 bits per heavy atom. The molecule has 0 aromatic carbocycles. The number of amides is 2. The molecule has 17 heavy (non-hydrogen) atoms. The summed E-state index contributed by atoms with van der Waals surface area (Å²) in [5.41, 5.74) is 5.01. The fourth-order valence-electron chi connectivity index (χ4n) is 1.84. The molecule has 0 aliphatic carbocycles. The van der Waals surface area contributed by atoms with Crippen LogP contribution in [0.15, 0.2) is 0 Å². The molecule has 0 bridgehead atoms. The van der Waals surface area contributed by atoms with Gasteiger partial charge in [0.05, 0.1) is 11.5 Å². The summed E-state index contributed by atoms with van der Waals surface area (Å²) in [5.74, 6) is -1.11. The van der Waals surface area contributed by atoms with Crippen molar-refractivity contribution in [2.24, 2.45) is 5.73 Å². The van der Waals surface area contributed by atoms with Gasteiger partial charge in [0, 0.05) is 19.0 Å². The van der Waals surface area contributed by atoms with Crippen molar-refractivity contribution >= 4 is 33.3 Å². The Labute approximate surface area is 105 Å². The molecule has 8 heteroatoms. The largest absolute Gasteiger partial charge is 0.370 e. The van der Waals surface area contributed by atoms with Crippen LogP contribution in [0.1, 0.15) is 12.8 Å². The monoisotopic (exact) mass is 282 g/mol. The first kappa shape index (κ1) is 14.2. The fraction of sp³-hybridized carbons (Fsp3) is 0.778. The molecule has 1 atom stereocenters. The van der Waals surface area contributed by atoms with Crippen molar-refractivity contribution in [2.45, 2.75) is 18.9 Å². The van der Waals surface area contributed by atoms with Gasteiger partial charge in [-0.05, 0) is 6.42 Å². The lowest BCUT2D eigenvalue weighted by Gasteiger charge is -2.27. The predicted octanol–water partition coefficient (Wildman–Crippen LogP) is -0.884. The molecular formula is C9H15ClN2O4S. The van der Waals surface area contributed by atoms with Gasteiger partial charge in [-0.25, -0.2) is 8.42 Å². The molecule has 1 rings (SSSR count). The van der Waals surface area contributed by atoms with Crippen LogP contribution in [0.25, 0.3) is 0 Å². The van der Waals surface area contributed by atoms with Crippen LogP contribution in [0.3, 0.4) is 0 Å². The van der Waals surface area contributed by atoms with E-state index >= 15 is 0 Å². The molecular weight excluding hydrogens is 268 g/mol. The Morgan fingerprint density at radius 3 is 2.47 bits per heavy atom. The molecule has 1 heterocycles. The number of hydrogen-bond acceptors (Lipinski definition) is 4. The van der Waals surface area contributed by atoms with Crippen molar-refractivity contribution < 1.29 is 18.0 Å². The van der Waals surface area contributed by atoms with E-state index in [2.05, 4.69) is 0 Å². The summed E-state index contributed by atoms with van der Waals surface area (Å²) in [4.78, 5) is 23.6. The van der Waals surface area contributed by atoms with E-state index < -0.39 is 15.7 Å². The number of nitrogens with two attached hydrogens (primary N) is 1. The summed E-state index contributed by atoms with van der Waals surface area (Å²) in [6.07, 6.45) is 0.406. The molecule has 1 aliphatic rings. The molecule has 2 amide bonds. The van der Waals surface area contributed by atoms with Crippen molar-refractivity contribution in [3.8, 4) is 0 Å². The highest BCUT2D eigenvalue weighted by Gasteiger charge is 2.34. The van der Waals surface area contributed by atoms with E-state index in [1.807, 2.05) is 0 Å². The van der Waals surface area contributed by atoms with Gasteiger partial charge in [0.25, 0.3) is 0 Å². The Hall–Kier alpha value is -0.820. The highest BCUT2D eigenvalue weighted by Crippen LogP contribution is 2.18. The summed E-state index contributed by atoms with van der Waals surface area (Å²) >= 11 is 5.45. The molecule has 1 unspecified atom stereocenters. The van der Waals surface area contributed by atoms with E-state index in [-0.39, 0.29) is 42.3 Å². The first-order chi connectivity index (χ1) is 7.85. The average molecular weight is 283 g/mol. The summed E-state index contributed by atoms with van der Waals surface area (Å²) in [6, 6.07) is -0.384. The standard InChI is InChI=1S/C9H15ClN2O4S/c10-5-9(14)12(3-1-8(11)13)7-2-4-17(15,16)6-7/h7H,1-6H2,(H2,11,13).